The van der Waals surface area contributed by atoms with Crippen LogP contribution in [0.4, 0.5) is 0 Å². The highest BCUT2D eigenvalue weighted by Crippen LogP contribution is 2.34. The largest absolute Gasteiger partial charge is 0.353 e. The number of benzene rings is 2. The van der Waals surface area contributed by atoms with Crippen LogP contribution in [0.2, 0.25) is 0 Å². The Morgan fingerprint density at radius 3 is 2.43 bits per heavy atom. The highest BCUT2D eigenvalue weighted by atomic mass is 16.2. The van der Waals surface area contributed by atoms with Crippen molar-refractivity contribution in [2.45, 2.75) is 101 Å². The van der Waals surface area contributed by atoms with E-state index in [1.54, 1.807) is 18.9 Å². The minimum Gasteiger partial charge on any atom is -0.353 e. The lowest BCUT2D eigenvalue weighted by atomic mass is 9.87. The first-order chi connectivity index (χ1) is 20.3. The first-order valence-electron chi connectivity index (χ1n) is 15.3. The number of aryl methyl sites for hydroxylation is 1. The van der Waals surface area contributed by atoms with E-state index in [0.29, 0.717) is 32.1 Å². The molecule has 0 unspecified atom stereocenters. The lowest BCUT2D eigenvalue weighted by Crippen LogP contribution is -2.59. The highest BCUT2D eigenvalue weighted by Gasteiger charge is 2.46. The average Bonchev–Trinajstić information content (AvgIpc) is 3.41. The molecule has 0 spiro atoms. The van der Waals surface area contributed by atoms with E-state index in [1.165, 1.54) is 5.56 Å². The van der Waals surface area contributed by atoms with Gasteiger partial charge in [-0.05, 0) is 82.0 Å². The second-order valence-corrected chi connectivity index (χ2v) is 12.0. The molecule has 4 N–H and O–H groups in total. The van der Waals surface area contributed by atoms with Crippen LogP contribution < -0.4 is 21.3 Å². The number of nitrogens with one attached hydrogen (secondary N) is 4. The van der Waals surface area contributed by atoms with Crippen molar-refractivity contribution < 1.29 is 19.2 Å². The topological polar surface area (TPSA) is 120 Å². The lowest BCUT2D eigenvalue weighted by Gasteiger charge is -2.38. The fourth-order valence-electron chi connectivity index (χ4n) is 6.75. The monoisotopic (exact) mass is 573 g/mol. The summed E-state index contributed by atoms with van der Waals surface area (Å²) in [6.07, 6.45) is 5.88. The van der Waals surface area contributed by atoms with Crippen LogP contribution in [0.25, 0.3) is 0 Å². The molecule has 0 radical (unpaired) electrons. The number of hydrogen-bond donors (Lipinski definition) is 4. The Balaban J connectivity index is 1.33. The molecule has 3 aliphatic rings. The zero-order valence-electron chi connectivity index (χ0n) is 24.6. The SMILES string of the molecule is CN[C@@H](C)C(=O)N[C@H]1CC[C@@H](NC(=O)Cc2ccccc2)C[C@H]2CC[C@@H](C(=O)N[C@H]3CCCc4ccccc43)N2C1=O. The molecule has 2 fully saturated rings. The number of nitrogens with zero attached hydrogens (tertiary/aromatic N) is 1. The van der Waals surface area contributed by atoms with Crippen LogP contribution in [0.1, 0.15) is 74.6 Å². The third kappa shape index (κ3) is 6.84. The van der Waals surface area contributed by atoms with Crippen LogP contribution in [0.3, 0.4) is 0 Å². The summed E-state index contributed by atoms with van der Waals surface area (Å²) in [5, 5.41) is 12.3. The van der Waals surface area contributed by atoms with Crippen molar-refractivity contribution in [2.24, 2.45) is 0 Å². The van der Waals surface area contributed by atoms with E-state index >= 15 is 0 Å². The summed E-state index contributed by atoms with van der Waals surface area (Å²) in [7, 11) is 1.70. The van der Waals surface area contributed by atoms with Crippen molar-refractivity contribution in [2.75, 3.05) is 7.05 Å². The summed E-state index contributed by atoms with van der Waals surface area (Å²) < 4.78 is 0. The predicted octanol–water partition coefficient (Wildman–Crippen LogP) is 2.54. The molecule has 0 bridgehead atoms. The molecule has 9 nitrogen and oxygen atoms in total. The maximum atomic E-state index is 14.0. The van der Waals surface area contributed by atoms with Crippen molar-refractivity contribution >= 4 is 23.6 Å². The Morgan fingerprint density at radius 1 is 0.881 bits per heavy atom. The number of fused-ring (bicyclic) bond motifs is 2. The summed E-state index contributed by atoms with van der Waals surface area (Å²) in [6.45, 7) is 1.74. The van der Waals surface area contributed by atoms with E-state index in [9.17, 15) is 19.2 Å². The van der Waals surface area contributed by atoms with Gasteiger partial charge in [-0.1, -0.05) is 54.6 Å². The molecule has 2 aliphatic heterocycles. The first-order valence-corrected chi connectivity index (χ1v) is 15.3. The molecule has 0 aromatic heterocycles. The molecular formula is C33H43N5O4. The number of rotatable bonds is 8. The van der Waals surface area contributed by atoms with Crippen LogP contribution in [0.15, 0.2) is 54.6 Å². The van der Waals surface area contributed by atoms with Gasteiger partial charge >= 0.3 is 0 Å². The van der Waals surface area contributed by atoms with Gasteiger partial charge in [0.2, 0.25) is 23.6 Å². The smallest absolute Gasteiger partial charge is 0.246 e. The zero-order valence-corrected chi connectivity index (χ0v) is 24.6. The molecule has 224 valence electrons. The van der Waals surface area contributed by atoms with Gasteiger partial charge < -0.3 is 26.2 Å². The maximum absolute atomic E-state index is 14.0. The normalized spacial score (nSPS) is 26.2. The van der Waals surface area contributed by atoms with Gasteiger partial charge in [-0.2, -0.15) is 0 Å². The fraction of sp³-hybridized carbons (Fsp3) is 0.515. The highest BCUT2D eigenvalue weighted by molar-refractivity contribution is 5.94. The molecular weight excluding hydrogens is 530 g/mol. The molecule has 42 heavy (non-hydrogen) atoms. The van der Waals surface area contributed by atoms with Crippen molar-refractivity contribution in [3.05, 3.63) is 71.3 Å². The lowest BCUT2D eigenvalue weighted by molar-refractivity contribution is -0.145. The Hall–Kier alpha value is -3.72. The van der Waals surface area contributed by atoms with E-state index in [1.807, 2.05) is 42.5 Å². The van der Waals surface area contributed by atoms with Gasteiger partial charge in [0.15, 0.2) is 0 Å². The molecule has 4 amide bonds. The van der Waals surface area contributed by atoms with E-state index in [4.69, 9.17) is 0 Å². The minimum absolute atomic E-state index is 0.0719. The number of amides is 4. The average molecular weight is 574 g/mol. The Kier molecular flexibility index (Phi) is 9.57. The van der Waals surface area contributed by atoms with E-state index in [2.05, 4.69) is 33.4 Å². The number of carbonyl (C=O) groups excluding carboxylic acids is 4. The number of likely N-dealkylation sites (N-methyl/N-ethyl adjacent to an activating group) is 1. The van der Waals surface area contributed by atoms with Crippen LogP contribution in [0.5, 0.6) is 0 Å². The van der Waals surface area contributed by atoms with Gasteiger partial charge in [-0.25, -0.2) is 0 Å². The van der Waals surface area contributed by atoms with Crippen molar-refractivity contribution in [1.82, 2.24) is 26.2 Å². The molecule has 2 aromatic carbocycles. The van der Waals surface area contributed by atoms with Gasteiger partial charge in [0.1, 0.15) is 12.1 Å². The molecule has 2 aromatic rings. The summed E-state index contributed by atoms with van der Waals surface area (Å²) in [4.78, 5) is 55.4. The molecule has 6 atom stereocenters. The van der Waals surface area contributed by atoms with Gasteiger partial charge in [-0.15, -0.1) is 0 Å². The van der Waals surface area contributed by atoms with Crippen molar-refractivity contribution in [3.8, 4) is 0 Å². The zero-order chi connectivity index (χ0) is 29.6. The van der Waals surface area contributed by atoms with Crippen molar-refractivity contribution in [3.63, 3.8) is 0 Å². The summed E-state index contributed by atoms with van der Waals surface area (Å²) in [5.74, 6) is -0.701. The minimum atomic E-state index is -0.770. The molecule has 9 heteroatoms. The Bertz CT molecular complexity index is 1280. The van der Waals surface area contributed by atoms with Crippen molar-refractivity contribution in [1.29, 1.82) is 0 Å². The van der Waals surface area contributed by atoms with Crippen LogP contribution in [0, 0.1) is 0 Å². The molecule has 1 aliphatic carbocycles. The van der Waals surface area contributed by atoms with Crippen LogP contribution in [-0.2, 0) is 32.0 Å². The predicted molar refractivity (Wildman–Crippen MR) is 160 cm³/mol. The molecule has 2 heterocycles. The summed E-state index contributed by atoms with van der Waals surface area (Å²) in [5.41, 5.74) is 3.35. The van der Waals surface area contributed by atoms with Crippen LogP contribution in [-0.4, -0.2) is 65.8 Å². The second-order valence-electron chi connectivity index (χ2n) is 12.0. The van der Waals surface area contributed by atoms with Gasteiger partial charge in [0, 0.05) is 12.1 Å². The first kappa shape index (κ1) is 29.8. The standard InChI is InChI=1S/C33H43N5O4/c1-21(34-2)31(40)37-28-17-15-24(35-30(39)19-22-9-4-3-5-10-22)20-25-16-18-29(38(25)33(28)42)32(41)36-27-14-8-12-23-11-6-7-13-26(23)27/h3-7,9-11,13,21,24-25,27-29,34H,8,12,14-20H2,1-2H3,(H,35,39)(H,36,41)(H,37,40)/t21-,24+,25+,27-,28-,29-/m0/s1. The number of hydrogen-bond acceptors (Lipinski definition) is 5. The molecule has 5 rings (SSSR count). The fourth-order valence-corrected chi connectivity index (χ4v) is 6.75. The third-order valence-electron chi connectivity index (χ3n) is 9.12. The summed E-state index contributed by atoms with van der Waals surface area (Å²) >= 11 is 0. The third-order valence-corrected chi connectivity index (χ3v) is 9.12. The van der Waals surface area contributed by atoms with Gasteiger partial charge in [0.25, 0.3) is 0 Å². The van der Waals surface area contributed by atoms with E-state index < -0.39 is 18.1 Å². The molecule has 0 saturated carbocycles. The second kappa shape index (κ2) is 13.5. The molecule has 2 saturated heterocycles. The Morgan fingerprint density at radius 2 is 1.64 bits per heavy atom. The number of carbonyl (C=O) groups is 4. The van der Waals surface area contributed by atoms with E-state index in [0.717, 1.165) is 30.4 Å². The quantitative estimate of drug-likeness (QED) is 0.387. The maximum Gasteiger partial charge on any atom is 0.246 e. The summed E-state index contributed by atoms with van der Waals surface area (Å²) in [6, 6.07) is 15.5. The van der Waals surface area contributed by atoms with Gasteiger partial charge in [-0.3, -0.25) is 19.2 Å². The van der Waals surface area contributed by atoms with E-state index in [-0.39, 0.29) is 48.2 Å². The van der Waals surface area contributed by atoms with Crippen LogP contribution >= 0.6 is 0 Å². The van der Waals surface area contributed by atoms with Gasteiger partial charge in [0.05, 0.1) is 18.5 Å². The Labute approximate surface area is 248 Å².